The highest BCUT2D eigenvalue weighted by atomic mass is 16.6. The molecule has 23 heavy (non-hydrogen) atoms. The van der Waals surface area contributed by atoms with Crippen LogP contribution in [0.2, 0.25) is 0 Å². The van der Waals surface area contributed by atoms with Crippen molar-refractivity contribution in [2.24, 2.45) is 0 Å². The van der Waals surface area contributed by atoms with Gasteiger partial charge in [0.25, 0.3) is 0 Å². The normalized spacial score (nSPS) is 14.8. The fraction of sp³-hybridized carbons (Fsp3) is 0.471. The van der Waals surface area contributed by atoms with Crippen LogP contribution in [0.3, 0.4) is 0 Å². The third-order valence-electron chi connectivity index (χ3n) is 3.86. The second kappa shape index (κ2) is 6.91. The number of nitrogens with one attached hydrogen (secondary N) is 1. The predicted octanol–water partition coefficient (Wildman–Crippen LogP) is 2.39. The smallest absolute Gasteiger partial charge is 0.161 e. The van der Waals surface area contributed by atoms with Crippen LogP contribution in [0.25, 0.3) is 0 Å². The average Bonchev–Trinajstić information content (AvgIpc) is 3.00. The Morgan fingerprint density at radius 3 is 2.83 bits per heavy atom. The van der Waals surface area contributed by atoms with E-state index >= 15 is 0 Å². The zero-order valence-corrected chi connectivity index (χ0v) is 14.0. The van der Waals surface area contributed by atoms with Crippen LogP contribution in [0.15, 0.2) is 30.6 Å². The highest BCUT2D eigenvalue weighted by molar-refractivity contribution is 5.47. The van der Waals surface area contributed by atoms with Crippen molar-refractivity contribution in [3.63, 3.8) is 0 Å². The lowest BCUT2D eigenvalue weighted by Crippen LogP contribution is -2.18. The number of rotatable bonds is 6. The SMILES string of the molecule is C[C@H](Nc1cnn(CCN(C)C)c1)c1ccc2c(c1)OCCO2. The Hall–Kier alpha value is -2.21. The molecule has 0 amide bonds. The maximum Gasteiger partial charge on any atom is 0.161 e. The van der Waals surface area contributed by atoms with E-state index in [-0.39, 0.29) is 6.04 Å². The van der Waals surface area contributed by atoms with Gasteiger partial charge in [-0.05, 0) is 38.7 Å². The predicted molar refractivity (Wildman–Crippen MR) is 90.3 cm³/mol. The summed E-state index contributed by atoms with van der Waals surface area (Å²) < 4.78 is 13.2. The van der Waals surface area contributed by atoms with Gasteiger partial charge in [-0.3, -0.25) is 4.68 Å². The van der Waals surface area contributed by atoms with Gasteiger partial charge in [-0.1, -0.05) is 6.07 Å². The monoisotopic (exact) mass is 316 g/mol. The molecule has 1 N–H and O–H groups in total. The Bertz CT molecular complexity index is 654. The Morgan fingerprint density at radius 2 is 2.04 bits per heavy atom. The van der Waals surface area contributed by atoms with Crippen LogP contribution < -0.4 is 14.8 Å². The van der Waals surface area contributed by atoms with Gasteiger partial charge in [-0.15, -0.1) is 0 Å². The van der Waals surface area contributed by atoms with Gasteiger partial charge in [-0.25, -0.2) is 0 Å². The molecule has 1 aromatic carbocycles. The quantitative estimate of drug-likeness (QED) is 0.887. The summed E-state index contributed by atoms with van der Waals surface area (Å²) >= 11 is 0. The topological polar surface area (TPSA) is 51.6 Å². The molecule has 6 nitrogen and oxygen atoms in total. The van der Waals surface area contributed by atoms with Crippen LogP contribution in [0.5, 0.6) is 11.5 Å². The minimum absolute atomic E-state index is 0.164. The summed E-state index contributed by atoms with van der Waals surface area (Å²) in [6, 6.07) is 6.25. The van der Waals surface area contributed by atoms with Crippen molar-refractivity contribution in [1.29, 1.82) is 0 Å². The fourth-order valence-corrected chi connectivity index (χ4v) is 2.53. The Labute approximate surface area is 137 Å². The Balaban J connectivity index is 1.63. The first-order chi connectivity index (χ1) is 11.1. The second-order valence-corrected chi connectivity index (χ2v) is 6.06. The van der Waals surface area contributed by atoms with Crippen molar-refractivity contribution in [1.82, 2.24) is 14.7 Å². The molecule has 0 radical (unpaired) electrons. The summed E-state index contributed by atoms with van der Waals surface area (Å²) in [6.07, 6.45) is 3.90. The van der Waals surface area contributed by atoms with E-state index in [1.54, 1.807) is 0 Å². The van der Waals surface area contributed by atoms with E-state index in [9.17, 15) is 0 Å². The van der Waals surface area contributed by atoms with Crippen LogP contribution in [0.4, 0.5) is 5.69 Å². The van der Waals surface area contributed by atoms with Crippen LogP contribution in [-0.4, -0.2) is 48.5 Å². The molecular weight excluding hydrogens is 292 g/mol. The standard InChI is InChI=1S/C17H24N4O2/c1-13(14-4-5-16-17(10-14)23-9-8-22-16)19-15-11-18-21(12-15)7-6-20(2)3/h4-5,10-13,19H,6-9H2,1-3H3/t13-/m0/s1. The average molecular weight is 316 g/mol. The highest BCUT2D eigenvalue weighted by Gasteiger charge is 2.14. The summed E-state index contributed by atoms with van der Waals surface area (Å²) in [5.41, 5.74) is 2.18. The summed E-state index contributed by atoms with van der Waals surface area (Å²) in [7, 11) is 4.12. The molecule has 3 rings (SSSR count). The maximum atomic E-state index is 5.65. The van der Waals surface area contributed by atoms with Gasteiger partial charge in [0.2, 0.25) is 0 Å². The largest absolute Gasteiger partial charge is 0.486 e. The molecule has 6 heteroatoms. The van der Waals surface area contributed by atoms with Crippen LogP contribution >= 0.6 is 0 Å². The second-order valence-electron chi connectivity index (χ2n) is 6.06. The van der Waals surface area contributed by atoms with Gasteiger partial charge in [0.15, 0.2) is 11.5 Å². The molecule has 2 aromatic rings. The summed E-state index contributed by atoms with van der Waals surface area (Å²) in [6.45, 7) is 5.21. The van der Waals surface area contributed by atoms with Crippen LogP contribution in [0, 0.1) is 0 Å². The van der Waals surface area contributed by atoms with Gasteiger partial charge < -0.3 is 19.7 Å². The van der Waals surface area contributed by atoms with Crippen molar-refractivity contribution in [2.75, 3.05) is 39.2 Å². The minimum Gasteiger partial charge on any atom is -0.486 e. The lowest BCUT2D eigenvalue weighted by atomic mass is 10.1. The van der Waals surface area contributed by atoms with Crippen molar-refractivity contribution in [2.45, 2.75) is 19.5 Å². The molecule has 1 aromatic heterocycles. The number of hydrogen-bond acceptors (Lipinski definition) is 5. The fourth-order valence-electron chi connectivity index (χ4n) is 2.53. The first kappa shape index (κ1) is 15.7. The van der Waals surface area contributed by atoms with Crippen LogP contribution in [-0.2, 0) is 6.54 Å². The van der Waals surface area contributed by atoms with Crippen molar-refractivity contribution < 1.29 is 9.47 Å². The number of nitrogens with zero attached hydrogens (tertiary/aromatic N) is 3. The molecule has 0 unspecified atom stereocenters. The van der Waals surface area contributed by atoms with E-state index in [0.717, 1.165) is 35.8 Å². The van der Waals surface area contributed by atoms with Crippen LogP contribution in [0.1, 0.15) is 18.5 Å². The van der Waals surface area contributed by atoms with E-state index in [1.807, 2.05) is 29.2 Å². The molecule has 0 aliphatic carbocycles. The lowest BCUT2D eigenvalue weighted by molar-refractivity contribution is 0.171. The number of fused-ring (bicyclic) bond motifs is 1. The molecular formula is C17H24N4O2. The maximum absolute atomic E-state index is 5.65. The molecule has 0 saturated carbocycles. The molecule has 0 saturated heterocycles. The number of ether oxygens (including phenoxy) is 2. The number of benzene rings is 1. The first-order valence-electron chi connectivity index (χ1n) is 7.95. The molecule has 124 valence electrons. The van der Waals surface area contributed by atoms with Gasteiger partial charge in [0.05, 0.1) is 18.4 Å². The zero-order chi connectivity index (χ0) is 16.2. The van der Waals surface area contributed by atoms with Gasteiger partial charge in [-0.2, -0.15) is 5.10 Å². The summed E-state index contributed by atoms with van der Waals surface area (Å²) in [5.74, 6) is 1.65. The highest BCUT2D eigenvalue weighted by Crippen LogP contribution is 2.33. The first-order valence-corrected chi connectivity index (χ1v) is 7.95. The third kappa shape index (κ3) is 3.96. The Kier molecular flexibility index (Phi) is 4.71. The van der Waals surface area contributed by atoms with E-state index < -0.39 is 0 Å². The van der Waals surface area contributed by atoms with Crippen molar-refractivity contribution >= 4 is 5.69 Å². The summed E-state index contributed by atoms with van der Waals surface area (Å²) in [5, 5.41) is 7.87. The van der Waals surface area contributed by atoms with Crippen molar-refractivity contribution in [3.8, 4) is 11.5 Å². The molecule has 2 heterocycles. The number of anilines is 1. The molecule has 1 aliphatic rings. The van der Waals surface area contributed by atoms with E-state index in [2.05, 4.69) is 42.4 Å². The van der Waals surface area contributed by atoms with Gasteiger partial charge >= 0.3 is 0 Å². The number of hydrogen-bond donors (Lipinski definition) is 1. The zero-order valence-electron chi connectivity index (χ0n) is 14.0. The molecule has 1 atom stereocenters. The number of likely N-dealkylation sites (N-methyl/N-ethyl adjacent to an activating group) is 1. The minimum atomic E-state index is 0.164. The molecule has 1 aliphatic heterocycles. The third-order valence-corrected chi connectivity index (χ3v) is 3.86. The van der Waals surface area contributed by atoms with E-state index in [0.29, 0.717) is 13.2 Å². The summed E-state index contributed by atoms with van der Waals surface area (Å²) in [4.78, 5) is 2.15. The van der Waals surface area contributed by atoms with Gasteiger partial charge in [0.1, 0.15) is 13.2 Å². The van der Waals surface area contributed by atoms with E-state index in [4.69, 9.17) is 9.47 Å². The molecule has 0 bridgehead atoms. The molecule has 0 spiro atoms. The Morgan fingerprint density at radius 1 is 1.26 bits per heavy atom. The van der Waals surface area contributed by atoms with Gasteiger partial charge in [0, 0.05) is 18.8 Å². The van der Waals surface area contributed by atoms with Crippen molar-refractivity contribution in [3.05, 3.63) is 36.2 Å². The van der Waals surface area contributed by atoms with E-state index in [1.165, 1.54) is 0 Å². The molecule has 0 fully saturated rings. The lowest BCUT2D eigenvalue weighted by Gasteiger charge is -2.21. The number of aromatic nitrogens is 2.